The maximum Gasteiger partial charge on any atom is 0.288 e. The fourth-order valence-corrected chi connectivity index (χ4v) is 0.578. The highest BCUT2D eigenvalue weighted by Crippen LogP contribution is 1.69. The number of aromatic amines is 1. The fraction of sp³-hybridized carbons (Fsp3) is 0.667. The first-order valence-corrected chi connectivity index (χ1v) is 2.78. The van der Waals surface area contributed by atoms with Crippen molar-refractivity contribution in [1.82, 2.24) is 15.5 Å². The molecule has 0 aromatic carbocycles. The van der Waals surface area contributed by atoms with Crippen LogP contribution in [0.3, 0.4) is 0 Å². The second-order valence-electron chi connectivity index (χ2n) is 1.31. The summed E-state index contributed by atoms with van der Waals surface area (Å²) in [6.07, 6.45) is 1.59. The molecule has 8 heavy (non-hydrogen) atoms. The van der Waals surface area contributed by atoms with Crippen LogP contribution in [-0.2, 0) is 6.54 Å². The Balaban J connectivity index is 2.50. The van der Waals surface area contributed by atoms with Gasteiger partial charge in [0.1, 0.15) is 11.6 Å². The average Bonchev–Trinajstić information content (AvgIpc) is 2.19. The zero-order valence-corrected chi connectivity index (χ0v) is 4.97. The molecule has 0 atom stereocenters. The smallest absolute Gasteiger partial charge is 0.164 e. The Morgan fingerprint density at radius 1 is 1.75 bits per heavy atom. The van der Waals surface area contributed by atoms with Gasteiger partial charge in [-0.3, -0.25) is 0 Å². The van der Waals surface area contributed by atoms with Crippen molar-refractivity contribution in [2.45, 2.75) is 6.54 Å². The normalized spacial score (nSPS) is 9.62. The van der Waals surface area contributed by atoms with Gasteiger partial charge in [0.05, 0.1) is 5.88 Å². The van der Waals surface area contributed by atoms with Gasteiger partial charge in [-0.1, -0.05) is 5.21 Å². The molecule has 44 valence electrons. The van der Waals surface area contributed by atoms with Gasteiger partial charge in [0.25, 0.3) is 6.33 Å². The van der Waals surface area contributed by atoms with E-state index in [1.807, 2.05) is 0 Å². The number of hydrogen-bond donors (Lipinski definition) is 1. The standard InChI is InChI=1S/C3H5ClN4/c4-1-2-8-3-5-6-7-8/h3H,1-2H2/p+1. The number of H-pyrrole nitrogens is 1. The lowest BCUT2D eigenvalue weighted by atomic mass is 10.8. The van der Waals surface area contributed by atoms with Gasteiger partial charge < -0.3 is 0 Å². The summed E-state index contributed by atoms with van der Waals surface area (Å²) in [5, 5.41) is 9.62. The molecule has 1 rings (SSSR count). The maximum atomic E-state index is 5.40. The van der Waals surface area contributed by atoms with Crippen LogP contribution in [0, 0.1) is 0 Å². The minimum atomic E-state index is 0.578. The first-order valence-electron chi connectivity index (χ1n) is 2.25. The van der Waals surface area contributed by atoms with E-state index in [1.54, 1.807) is 11.0 Å². The van der Waals surface area contributed by atoms with Crippen molar-refractivity contribution in [2.24, 2.45) is 0 Å². The zero-order valence-electron chi connectivity index (χ0n) is 4.21. The minimum Gasteiger partial charge on any atom is -0.164 e. The summed E-state index contributed by atoms with van der Waals surface area (Å²) in [4.78, 5) is 0. The molecule has 0 aliphatic heterocycles. The van der Waals surface area contributed by atoms with Crippen LogP contribution in [0.4, 0.5) is 0 Å². The number of aromatic nitrogens is 4. The third-order valence-corrected chi connectivity index (χ3v) is 0.916. The molecule has 0 aliphatic rings. The minimum absolute atomic E-state index is 0.578. The summed E-state index contributed by atoms with van der Waals surface area (Å²) in [7, 11) is 0. The topological polar surface area (TPSA) is 45.5 Å². The molecule has 0 fully saturated rings. The maximum absolute atomic E-state index is 5.40. The fourth-order valence-electron chi connectivity index (χ4n) is 0.396. The Morgan fingerprint density at radius 2 is 2.62 bits per heavy atom. The Kier molecular flexibility index (Phi) is 1.80. The molecule has 0 radical (unpaired) electrons. The molecule has 0 amide bonds. The highest BCUT2D eigenvalue weighted by atomic mass is 35.5. The van der Waals surface area contributed by atoms with E-state index in [0.29, 0.717) is 5.88 Å². The average molecular weight is 134 g/mol. The zero-order chi connectivity index (χ0) is 5.82. The predicted molar refractivity (Wildman–Crippen MR) is 27.3 cm³/mol. The number of alkyl halides is 1. The molecule has 0 saturated carbocycles. The van der Waals surface area contributed by atoms with Gasteiger partial charge in [0.15, 0.2) is 5.21 Å². The number of nitrogens with zero attached hydrogens (tertiary/aromatic N) is 3. The van der Waals surface area contributed by atoms with Crippen molar-refractivity contribution in [3.05, 3.63) is 6.33 Å². The molecule has 5 heteroatoms. The van der Waals surface area contributed by atoms with Crippen LogP contribution >= 0.6 is 11.6 Å². The Hall–Kier alpha value is -0.640. The van der Waals surface area contributed by atoms with Crippen LogP contribution in [0.25, 0.3) is 0 Å². The Labute approximate surface area is 51.4 Å². The predicted octanol–water partition coefficient (Wildman–Crippen LogP) is -0.669. The van der Waals surface area contributed by atoms with Crippen LogP contribution in [-0.4, -0.2) is 21.4 Å². The molecule has 0 aliphatic carbocycles. The van der Waals surface area contributed by atoms with Gasteiger partial charge in [-0.2, -0.15) is 4.68 Å². The number of rotatable bonds is 2. The lowest BCUT2D eigenvalue weighted by molar-refractivity contribution is -0.750. The number of halogens is 1. The second kappa shape index (κ2) is 2.61. The van der Waals surface area contributed by atoms with Crippen molar-refractivity contribution in [1.29, 1.82) is 0 Å². The number of tetrazole rings is 1. The molecule has 1 heterocycles. The molecule has 1 N–H and O–H groups in total. The number of nitrogens with one attached hydrogen (secondary N) is 1. The third-order valence-electron chi connectivity index (χ3n) is 0.747. The summed E-state index contributed by atoms with van der Waals surface area (Å²) in [6.45, 7) is 0.731. The molecular weight excluding hydrogens is 128 g/mol. The molecule has 1 aromatic heterocycles. The molecule has 1 aromatic rings. The van der Waals surface area contributed by atoms with Crippen molar-refractivity contribution in [3.8, 4) is 0 Å². The van der Waals surface area contributed by atoms with Crippen LogP contribution < -0.4 is 4.68 Å². The van der Waals surface area contributed by atoms with Crippen LogP contribution in [0.15, 0.2) is 6.33 Å². The van der Waals surface area contributed by atoms with Crippen molar-refractivity contribution in [3.63, 3.8) is 0 Å². The highest BCUT2D eigenvalue weighted by Gasteiger charge is 1.93. The molecule has 4 nitrogen and oxygen atoms in total. The summed E-state index contributed by atoms with van der Waals surface area (Å²) >= 11 is 5.40. The van der Waals surface area contributed by atoms with Gasteiger partial charge in [0, 0.05) is 0 Å². The largest absolute Gasteiger partial charge is 0.288 e. The molecule has 0 saturated heterocycles. The second-order valence-corrected chi connectivity index (χ2v) is 1.69. The quantitative estimate of drug-likeness (QED) is 0.430. The van der Waals surface area contributed by atoms with Crippen LogP contribution in [0.5, 0.6) is 0 Å². The van der Waals surface area contributed by atoms with E-state index in [1.165, 1.54) is 0 Å². The first kappa shape index (κ1) is 5.50. The third kappa shape index (κ3) is 1.16. The molecular formula is C3H6ClN4+. The van der Waals surface area contributed by atoms with Gasteiger partial charge >= 0.3 is 0 Å². The van der Waals surface area contributed by atoms with E-state index in [9.17, 15) is 0 Å². The van der Waals surface area contributed by atoms with Crippen molar-refractivity contribution in [2.75, 3.05) is 5.88 Å². The lowest BCUT2D eigenvalue weighted by Crippen LogP contribution is -2.35. The summed E-state index contributed by atoms with van der Waals surface area (Å²) in [5.41, 5.74) is 0. The Morgan fingerprint density at radius 3 is 3.12 bits per heavy atom. The molecule has 0 unspecified atom stereocenters. The monoisotopic (exact) mass is 133 g/mol. The van der Waals surface area contributed by atoms with Gasteiger partial charge in [-0.05, 0) is 0 Å². The van der Waals surface area contributed by atoms with E-state index in [4.69, 9.17) is 11.6 Å². The number of aryl methyl sites for hydroxylation is 1. The summed E-state index contributed by atoms with van der Waals surface area (Å²) in [6, 6.07) is 0. The van der Waals surface area contributed by atoms with E-state index < -0.39 is 0 Å². The van der Waals surface area contributed by atoms with Crippen LogP contribution in [0.1, 0.15) is 0 Å². The van der Waals surface area contributed by atoms with Gasteiger partial charge in [0.2, 0.25) is 0 Å². The van der Waals surface area contributed by atoms with Crippen molar-refractivity contribution >= 4 is 11.6 Å². The van der Waals surface area contributed by atoms with E-state index in [0.717, 1.165) is 6.54 Å². The van der Waals surface area contributed by atoms with Gasteiger partial charge in [-0.15, -0.1) is 11.6 Å². The van der Waals surface area contributed by atoms with E-state index in [-0.39, 0.29) is 0 Å². The summed E-state index contributed by atoms with van der Waals surface area (Å²) < 4.78 is 1.70. The Bertz CT molecular complexity index is 137. The first-order chi connectivity index (χ1) is 3.93. The number of hydrogen-bond acceptors (Lipinski definition) is 2. The van der Waals surface area contributed by atoms with Gasteiger partial charge in [-0.25, -0.2) is 0 Å². The molecule has 0 spiro atoms. The summed E-state index contributed by atoms with van der Waals surface area (Å²) in [5.74, 6) is 0.578. The van der Waals surface area contributed by atoms with Crippen molar-refractivity contribution < 1.29 is 4.68 Å². The van der Waals surface area contributed by atoms with E-state index >= 15 is 0 Å². The SMILES string of the molecule is ClCC[n+]1cnn[nH]1. The van der Waals surface area contributed by atoms with Crippen LogP contribution in [0.2, 0.25) is 0 Å². The highest BCUT2D eigenvalue weighted by molar-refractivity contribution is 6.17. The lowest BCUT2D eigenvalue weighted by Gasteiger charge is -1.82. The van der Waals surface area contributed by atoms with E-state index in [2.05, 4.69) is 15.5 Å². The molecule has 0 bridgehead atoms.